The van der Waals surface area contributed by atoms with Crippen LogP contribution in [0.15, 0.2) is 30.7 Å². The lowest BCUT2D eigenvalue weighted by Crippen LogP contribution is -2.26. The van der Waals surface area contributed by atoms with Gasteiger partial charge in [0.15, 0.2) is 0 Å². The first-order valence-corrected chi connectivity index (χ1v) is 7.22. The smallest absolute Gasteiger partial charge is 0.123 e. The van der Waals surface area contributed by atoms with Crippen molar-refractivity contribution < 1.29 is 4.74 Å². The number of ether oxygens (including phenoxy) is 1. The van der Waals surface area contributed by atoms with E-state index >= 15 is 0 Å². The molecule has 3 rings (SSSR count). The number of nitrogens with one attached hydrogen (secondary N) is 1. The van der Waals surface area contributed by atoms with E-state index in [0.29, 0.717) is 6.04 Å². The molecule has 1 unspecified atom stereocenters. The lowest BCUT2D eigenvalue weighted by molar-refractivity contribution is 0.107. The van der Waals surface area contributed by atoms with Gasteiger partial charge in [0.05, 0.1) is 12.1 Å². The molecule has 5 heteroatoms. The minimum Gasteiger partial charge on any atom is -0.380 e. The number of methoxy groups -OCH3 is 1. The molecule has 20 heavy (non-hydrogen) atoms. The molecule has 1 aliphatic heterocycles. The number of aryl methyl sites for hydroxylation is 1. The fourth-order valence-electron chi connectivity index (χ4n) is 3.06. The predicted octanol–water partition coefficient (Wildman–Crippen LogP) is 2.19. The zero-order chi connectivity index (χ0) is 13.9. The summed E-state index contributed by atoms with van der Waals surface area (Å²) in [7, 11) is 1.79. The van der Waals surface area contributed by atoms with Crippen molar-refractivity contribution in [3.8, 4) is 0 Å². The van der Waals surface area contributed by atoms with Crippen LogP contribution in [0.2, 0.25) is 0 Å². The maximum absolute atomic E-state index is 5.56. The van der Waals surface area contributed by atoms with E-state index in [0.717, 1.165) is 31.9 Å². The van der Waals surface area contributed by atoms with E-state index < -0.39 is 0 Å². The number of hydrogen-bond acceptors (Lipinski definition) is 3. The van der Waals surface area contributed by atoms with Gasteiger partial charge in [-0.2, -0.15) is 0 Å². The molecule has 3 heterocycles. The third-order valence-electron chi connectivity index (χ3n) is 4.16. The number of rotatable bonds is 5. The highest BCUT2D eigenvalue weighted by Gasteiger charge is 2.34. The van der Waals surface area contributed by atoms with E-state index in [9.17, 15) is 0 Å². The molecule has 0 aromatic carbocycles. The normalized spacial score (nSPS) is 23.5. The summed E-state index contributed by atoms with van der Waals surface area (Å²) in [5, 5.41) is 0. The zero-order valence-electron chi connectivity index (χ0n) is 12.1. The Hall–Kier alpha value is -1.59. The monoisotopic (exact) mass is 274 g/mol. The third kappa shape index (κ3) is 2.51. The summed E-state index contributed by atoms with van der Waals surface area (Å²) in [6, 6.07) is 4.63. The molecule has 5 nitrogen and oxygen atoms in total. The number of aromatic nitrogens is 3. The van der Waals surface area contributed by atoms with Crippen LogP contribution < -0.4 is 0 Å². The molecule has 0 saturated carbocycles. The van der Waals surface area contributed by atoms with Gasteiger partial charge in [-0.3, -0.25) is 4.90 Å². The Morgan fingerprint density at radius 3 is 3.10 bits per heavy atom. The first-order chi connectivity index (χ1) is 9.81. The molecule has 2 aromatic heterocycles. The third-order valence-corrected chi connectivity index (χ3v) is 4.16. The molecular formula is C15H22N4O. The van der Waals surface area contributed by atoms with Crippen LogP contribution in [0, 0.1) is 0 Å². The van der Waals surface area contributed by atoms with Gasteiger partial charge in [-0.1, -0.05) is 0 Å². The lowest BCUT2D eigenvalue weighted by atomic mass is 10.2. The van der Waals surface area contributed by atoms with Crippen molar-refractivity contribution in [1.82, 2.24) is 19.4 Å². The molecule has 1 N–H and O–H groups in total. The standard InChI is InChI=1S/C15H22N4O/c1-3-18-8-4-5-12(18)10-19-11-13(20-2)9-14(19)15-16-6-7-17-15/h4-8,13-14H,3,9-11H2,1-2H3,(H,16,17)/t13-,14?/m1/s1. The summed E-state index contributed by atoms with van der Waals surface area (Å²) in [6.45, 7) is 5.08. The largest absolute Gasteiger partial charge is 0.380 e. The van der Waals surface area contributed by atoms with Crippen molar-refractivity contribution in [3.63, 3.8) is 0 Å². The zero-order valence-corrected chi connectivity index (χ0v) is 12.1. The Labute approximate surface area is 119 Å². The maximum atomic E-state index is 5.56. The van der Waals surface area contributed by atoms with Gasteiger partial charge < -0.3 is 14.3 Å². The second kappa shape index (κ2) is 5.81. The highest BCUT2D eigenvalue weighted by Crippen LogP contribution is 2.32. The average Bonchev–Trinajstić information content (AvgIpc) is 3.19. The van der Waals surface area contributed by atoms with Gasteiger partial charge in [0.1, 0.15) is 5.82 Å². The molecule has 0 spiro atoms. The quantitative estimate of drug-likeness (QED) is 0.909. The Morgan fingerprint density at radius 2 is 2.40 bits per heavy atom. The van der Waals surface area contributed by atoms with Crippen LogP contribution in [0.4, 0.5) is 0 Å². The van der Waals surface area contributed by atoms with Crippen LogP contribution in [0.1, 0.15) is 30.9 Å². The van der Waals surface area contributed by atoms with Crippen LogP contribution in [-0.4, -0.2) is 39.2 Å². The topological polar surface area (TPSA) is 46.1 Å². The Bertz CT molecular complexity index is 534. The fourth-order valence-corrected chi connectivity index (χ4v) is 3.06. The summed E-state index contributed by atoms with van der Waals surface area (Å²) in [5.74, 6) is 1.04. The van der Waals surface area contributed by atoms with Gasteiger partial charge in [0.25, 0.3) is 0 Å². The Kier molecular flexibility index (Phi) is 3.89. The molecule has 0 bridgehead atoms. The average molecular weight is 274 g/mol. The SMILES string of the molecule is CCn1cccc1CN1C[C@H](OC)CC1c1ncc[nH]1. The number of likely N-dealkylation sites (tertiary alicyclic amines) is 1. The van der Waals surface area contributed by atoms with Crippen molar-refractivity contribution in [1.29, 1.82) is 0 Å². The molecule has 0 amide bonds. The van der Waals surface area contributed by atoms with E-state index in [1.54, 1.807) is 7.11 Å². The molecule has 0 aliphatic carbocycles. The van der Waals surface area contributed by atoms with E-state index in [1.165, 1.54) is 5.69 Å². The van der Waals surface area contributed by atoms with Crippen molar-refractivity contribution in [3.05, 3.63) is 42.2 Å². The fraction of sp³-hybridized carbons (Fsp3) is 0.533. The molecule has 1 aliphatic rings. The molecule has 108 valence electrons. The predicted molar refractivity (Wildman–Crippen MR) is 77.3 cm³/mol. The first kappa shape index (κ1) is 13.4. The number of nitrogens with zero attached hydrogens (tertiary/aromatic N) is 3. The summed E-state index contributed by atoms with van der Waals surface area (Å²) in [4.78, 5) is 10.1. The Morgan fingerprint density at radius 1 is 1.50 bits per heavy atom. The van der Waals surface area contributed by atoms with Gasteiger partial charge in [-0.05, 0) is 25.5 Å². The molecule has 0 radical (unpaired) electrons. The summed E-state index contributed by atoms with van der Waals surface area (Å²) in [5.41, 5.74) is 1.35. The molecular weight excluding hydrogens is 252 g/mol. The van der Waals surface area contributed by atoms with Crippen molar-refractivity contribution in [2.45, 2.75) is 38.6 Å². The van der Waals surface area contributed by atoms with Gasteiger partial charge in [0.2, 0.25) is 0 Å². The van der Waals surface area contributed by atoms with E-state index in [4.69, 9.17) is 4.74 Å². The lowest BCUT2D eigenvalue weighted by Gasteiger charge is -2.23. The summed E-state index contributed by atoms with van der Waals surface area (Å²) < 4.78 is 7.85. The summed E-state index contributed by atoms with van der Waals surface area (Å²) >= 11 is 0. The van der Waals surface area contributed by atoms with Gasteiger partial charge in [-0.25, -0.2) is 4.98 Å². The highest BCUT2D eigenvalue weighted by atomic mass is 16.5. The van der Waals surface area contributed by atoms with Crippen molar-refractivity contribution >= 4 is 0 Å². The first-order valence-electron chi connectivity index (χ1n) is 7.22. The number of hydrogen-bond donors (Lipinski definition) is 1. The van der Waals surface area contributed by atoms with Crippen LogP contribution in [0.25, 0.3) is 0 Å². The van der Waals surface area contributed by atoms with E-state index in [-0.39, 0.29) is 6.10 Å². The molecule has 1 fully saturated rings. The van der Waals surface area contributed by atoms with Crippen LogP contribution in [0.3, 0.4) is 0 Å². The van der Waals surface area contributed by atoms with Gasteiger partial charge in [-0.15, -0.1) is 0 Å². The second-order valence-electron chi connectivity index (χ2n) is 5.30. The number of H-pyrrole nitrogens is 1. The van der Waals surface area contributed by atoms with Crippen molar-refractivity contribution in [2.75, 3.05) is 13.7 Å². The molecule has 2 atom stereocenters. The minimum atomic E-state index is 0.287. The van der Waals surface area contributed by atoms with E-state index in [2.05, 4.69) is 44.7 Å². The van der Waals surface area contributed by atoms with Crippen molar-refractivity contribution in [2.24, 2.45) is 0 Å². The van der Waals surface area contributed by atoms with E-state index in [1.807, 2.05) is 12.4 Å². The molecule has 1 saturated heterocycles. The van der Waals surface area contributed by atoms with Gasteiger partial charge in [0, 0.05) is 51.0 Å². The highest BCUT2D eigenvalue weighted by molar-refractivity contribution is 5.10. The number of imidazole rings is 1. The molecule has 2 aromatic rings. The number of aromatic amines is 1. The maximum Gasteiger partial charge on any atom is 0.123 e. The minimum absolute atomic E-state index is 0.287. The second-order valence-corrected chi connectivity index (χ2v) is 5.30. The summed E-state index contributed by atoms with van der Waals surface area (Å²) in [6.07, 6.45) is 7.14. The van der Waals surface area contributed by atoms with Crippen LogP contribution in [0.5, 0.6) is 0 Å². The van der Waals surface area contributed by atoms with Gasteiger partial charge >= 0.3 is 0 Å². The van der Waals surface area contributed by atoms with Crippen LogP contribution >= 0.6 is 0 Å². The Balaban J connectivity index is 1.79. The van der Waals surface area contributed by atoms with Crippen LogP contribution in [-0.2, 0) is 17.8 Å².